The normalized spacial score (nSPS) is 14.0. The van der Waals surface area contributed by atoms with Gasteiger partial charge in [0.1, 0.15) is 11.6 Å². The fourth-order valence-electron chi connectivity index (χ4n) is 2.37. The van der Waals surface area contributed by atoms with E-state index in [1.54, 1.807) is 6.07 Å². The number of fused-ring (bicyclic) bond motifs is 1. The molecule has 1 aliphatic carbocycles. The minimum Gasteiger partial charge on any atom is -0.367 e. The smallest absolute Gasteiger partial charge is 0.229 e. The molecule has 4 rings (SSSR count). The summed E-state index contributed by atoms with van der Waals surface area (Å²) in [7, 11) is 0. The van der Waals surface area contributed by atoms with Crippen LogP contribution < -0.4 is 10.6 Å². The van der Waals surface area contributed by atoms with Crippen LogP contribution in [-0.4, -0.2) is 16.0 Å². The van der Waals surface area contributed by atoms with E-state index in [0.29, 0.717) is 17.7 Å². The number of benzene rings is 2. The summed E-state index contributed by atoms with van der Waals surface area (Å²) in [5, 5.41) is 7.56. The second-order valence-electron chi connectivity index (χ2n) is 5.59. The first-order chi connectivity index (χ1) is 11.2. The molecule has 0 radical (unpaired) electrons. The van der Waals surface area contributed by atoms with Gasteiger partial charge in [-0.15, -0.1) is 0 Å². The minimum absolute atomic E-state index is 0.0621. The van der Waals surface area contributed by atoms with Gasteiger partial charge in [-0.05, 0) is 43.2 Å². The van der Waals surface area contributed by atoms with Gasteiger partial charge in [0.2, 0.25) is 5.95 Å². The number of aromatic nitrogens is 2. The lowest BCUT2D eigenvalue weighted by molar-refractivity contribution is 0.628. The third kappa shape index (κ3) is 3.05. The van der Waals surface area contributed by atoms with Gasteiger partial charge < -0.3 is 10.6 Å². The quantitative estimate of drug-likeness (QED) is 0.726. The van der Waals surface area contributed by atoms with Gasteiger partial charge in [0, 0.05) is 17.1 Å². The van der Waals surface area contributed by atoms with E-state index in [4.69, 9.17) is 11.6 Å². The number of para-hydroxylation sites is 1. The van der Waals surface area contributed by atoms with Gasteiger partial charge in [-0.2, -0.15) is 4.98 Å². The van der Waals surface area contributed by atoms with Crippen LogP contribution >= 0.6 is 11.6 Å². The predicted octanol–water partition coefficient (Wildman–Crippen LogP) is 4.74. The molecule has 1 saturated carbocycles. The summed E-state index contributed by atoms with van der Waals surface area (Å²) in [5.41, 5.74) is 1.49. The monoisotopic (exact) mass is 328 g/mol. The number of hydrogen-bond acceptors (Lipinski definition) is 4. The maximum atomic E-state index is 13.3. The minimum atomic E-state index is -0.451. The fraction of sp³-hybridized carbons (Fsp3) is 0.176. The molecule has 6 heteroatoms. The number of nitrogens with one attached hydrogen (secondary N) is 2. The Labute approximate surface area is 137 Å². The van der Waals surface area contributed by atoms with Gasteiger partial charge in [-0.1, -0.05) is 23.7 Å². The second kappa shape index (κ2) is 5.66. The van der Waals surface area contributed by atoms with Crippen LogP contribution in [0.4, 0.5) is 21.8 Å². The van der Waals surface area contributed by atoms with Crippen molar-refractivity contribution in [3.63, 3.8) is 0 Å². The molecule has 1 fully saturated rings. The highest BCUT2D eigenvalue weighted by atomic mass is 35.5. The summed E-state index contributed by atoms with van der Waals surface area (Å²) in [6.07, 6.45) is 2.32. The van der Waals surface area contributed by atoms with Crippen LogP contribution in [0, 0.1) is 5.82 Å². The van der Waals surface area contributed by atoms with Crippen LogP contribution in [0.2, 0.25) is 5.02 Å². The van der Waals surface area contributed by atoms with Crippen molar-refractivity contribution >= 4 is 40.0 Å². The molecule has 1 aromatic heterocycles. The van der Waals surface area contributed by atoms with Gasteiger partial charge in [-0.3, -0.25) is 0 Å². The van der Waals surface area contributed by atoms with Crippen molar-refractivity contribution in [2.75, 3.05) is 10.6 Å². The topological polar surface area (TPSA) is 49.8 Å². The van der Waals surface area contributed by atoms with Crippen molar-refractivity contribution < 1.29 is 4.39 Å². The average molecular weight is 329 g/mol. The largest absolute Gasteiger partial charge is 0.367 e. The summed E-state index contributed by atoms with van der Waals surface area (Å²) < 4.78 is 13.3. The lowest BCUT2D eigenvalue weighted by Crippen LogP contribution is -2.07. The molecule has 0 amide bonds. The zero-order valence-electron chi connectivity index (χ0n) is 12.2. The predicted molar refractivity (Wildman–Crippen MR) is 90.9 cm³/mol. The van der Waals surface area contributed by atoms with Crippen LogP contribution in [0.1, 0.15) is 12.8 Å². The zero-order chi connectivity index (χ0) is 15.8. The summed E-state index contributed by atoms with van der Waals surface area (Å²) in [5.74, 6) is 0.816. The van der Waals surface area contributed by atoms with Crippen LogP contribution in [0.25, 0.3) is 10.9 Å². The molecule has 4 nitrogen and oxygen atoms in total. The maximum absolute atomic E-state index is 13.3. The molecule has 2 N–H and O–H groups in total. The van der Waals surface area contributed by atoms with Gasteiger partial charge in [0.05, 0.1) is 10.5 Å². The average Bonchev–Trinajstić information content (AvgIpc) is 3.35. The van der Waals surface area contributed by atoms with Gasteiger partial charge in [0.15, 0.2) is 0 Å². The maximum Gasteiger partial charge on any atom is 0.229 e. The Bertz CT molecular complexity index is 880. The highest BCUT2D eigenvalue weighted by molar-refractivity contribution is 6.31. The second-order valence-corrected chi connectivity index (χ2v) is 5.99. The molecular weight excluding hydrogens is 315 g/mol. The Morgan fingerprint density at radius 2 is 1.91 bits per heavy atom. The van der Waals surface area contributed by atoms with Crippen molar-refractivity contribution in [1.29, 1.82) is 0 Å². The highest BCUT2D eigenvalue weighted by Gasteiger charge is 2.22. The van der Waals surface area contributed by atoms with E-state index >= 15 is 0 Å². The fourth-order valence-corrected chi connectivity index (χ4v) is 2.55. The molecule has 0 unspecified atom stereocenters. The lowest BCUT2D eigenvalue weighted by atomic mass is 10.2. The van der Waals surface area contributed by atoms with E-state index < -0.39 is 5.82 Å². The van der Waals surface area contributed by atoms with E-state index in [-0.39, 0.29) is 5.02 Å². The molecule has 0 aliphatic heterocycles. The molecule has 116 valence electrons. The summed E-state index contributed by atoms with van der Waals surface area (Å²) in [6.45, 7) is 0. The Morgan fingerprint density at radius 1 is 1.09 bits per heavy atom. The molecule has 0 spiro atoms. The number of nitrogens with zero attached hydrogens (tertiary/aromatic N) is 2. The molecule has 1 heterocycles. The van der Waals surface area contributed by atoms with Crippen LogP contribution in [-0.2, 0) is 0 Å². The van der Waals surface area contributed by atoms with E-state index in [1.165, 1.54) is 12.1 Å². The first-order valence-corrected chi connectivity index (χ1v) is 7.82. The molecule has 2 aromatic carbocycles. The Hall–Kier alpha value is -2.40. The van der Waals surface area contributed by atoms with E-state index in [0.717, 1.165) is 29.6 Å². The lowest BCUT2D eigenvalue weighted by Gasteiger charge is -2.11. The van der Waals surface area contributed by atoms with E-state index in [9.17, 15) is 4.39 Å². The Kier molecular flexibility index (Phi) is 3.50. The van der Waals surface area contributed by atoms with Crippen LogP contribution in [0.15, 0.2) is 42.5 Å². The molecule has 0 atom stereocenters. The van der Waals surface area contributed by atoms with Gasteiger partial charge in [0.25, 0.3) is 0 Å². The summed E-state index contributed by atoms with van der Waals surface area (Å²) in [6, 6.07) is 12.8. The summed E-state index contributed by atoms with van der Waals surface area (Å²) in [4.78, 5) is 9.07. The zero-order valence-corrected chi connectivity index (χ0v) is 12.9. The number of hydrogen-bond donors (Lipinski definition) is 2. The molecule has 3 aromatic rings. The SMILES string of the molecule is Fc1ccc(Nc2nc(NC3CC3)c3ccccc3n2)cc1Cl. The standard InChI is InChI=1S/C17H14ClFN4/c18-13-9-11(7-8-14(13)19)21-17-22-15-4-2-1-3-12(15)16(23-17)20-10-5-6-10/h1-4,7-10H,5-6H2,(H2,20,21,22,23). The third-order valence-electron chi connectivity index (χ3n) is 3.70. The third-order valence-corrected chi connectivity index (χ3v) is 3.99. The molecular formula is C17H14ClFN4. The molecule has 1 aliphatic rings. The highest BCUT2D eigenvalue weighted by Crippen LogP contribution is 2.29. The first-order valence-electron chi connectivity index (χ1n) is 7.44. The number of halogens is 2. The van der Waals surface area contributed by atoms with Crippen molar-refractivity contribution in [1.82, 2.24) is 9.97 Å². The molecule has 0 saturated heterocycles. The van der Waals surface area contributed by atoms with Crippen LogP contribution in [0.5, 0.6) is 0 Å². The number of anilines is 3. The number of rotatable bonds is 4. The summed E-state index contributed by atoms with van der Waals surface area (Å²) >= 11 is 5.82. The first kappa shape index (κ1) is 14.2. The Morgan fingerprint density at radius 3 is 2.70 bits per heavy atom. The van der Waals surface area contributed by atoms with E-state index in [2.05, 4.69) is 20.6 Å². The van der Waals surface area contributed by atoms with Crippen molar-refractivity contribution in [3.05, 3.63) is 53.3 Å². The van der Waals surface area contributed by atoms with Gasteiger partial charge in [-0.25, -0.2) is 9.37 Å². The van der Waals surface area contributed by atoms with Crippen molar-refractivity contribution in [2.24, 2.45) is 0 Å². The van der Waals surface area contributed by atoms with Gasteiger partial charge >= 0.3 is 0 Å². The van der Waals surface area contributed by atoms with Crippen molar-refractivity contribution in [2.45, 2.75) is 18.9 Å². The van der Waals surface area contributed by atoms with Crippen LogP contribution in [0.3, 0.4) is 0 Å². The molecule has 23 heavy (non-hydrogen) atoms. The van der Waals surface area contributed by atoms with E-state index in [1.807, 2.05) is 24.3 Å². The Balaban J connectivity index is 1.72. The van der Waals surface area contributed by atoms with Crippen molar-refractivity contribution in [3.8, 4) is 0 Å². The molecule has 0 bridgehead atoms.